The number of thiophene rings is 1. The van der Waals surface area contributed by atoms with Gasteiger partial charge in [0.2, 0.25) is 0 Å². The maximum Gasteiger partial charge on any atom is 0.267 e. The topological polar surface area (TPSA) is 93.2 Å². The summed E-state index contributed by atoms with van der Waals surface area (Å²) < 4.78 is 5.11. The van der Waals surface area contributed by atoms with Gasteiger partial charge in [0.05, 0.1) is 28.3 Å². The molecule has 2 N–H and O–H groups in total. The Kier molecular flexibility index (Phi) is 5.88. The third kappa shape index (κ3) is 4.40. The first-order chi connectivity index (χ1) is 14.5. The van der Waals surface area contributed by atoms with Crippen molar-refractivity contribution in [2.45, 2.75) is 6.92 Å². The maximum atomic E-state index is 12.5. The van der Waals surface area contributed by atoms with Gasteiger partial charge in [0.15, 0.2) is 10.3 Å². The molecule has 0 saturated carbocycles. The number of aromatic nitrogens is 2. The Balaban J connectivity index is 1.46. The van der Waals surface area contributed by atoms with E-state index in [0.717, 1.165) is 10.6 Å². The fourth-order valence-corrected chi connectivity index (χ4v) is 4.91. The largest absolute Gasteiger partial charge is 0.497 e. The number of amides is 2. The van der Waals surface area contributed by atoms with Crippen molar-refractivity contribution >= 4 is 56.1 Å². The maximum absolute atomic E-state index is 12.5. The summed E-state index contributed by atoms with van der Waals surface area (Å²) in [5.74, 6) is 0.254. The molecule has 0 saturated heterocycles. The number of hydrogen-bond donors (Lipinski definition) is 2. The average molecular weight is 457 g/mol. The lowest BCUT2D eigenvalue weighted by molar-refractivity contribution is 0.102. The predicted molar refractivity (Wildman–Crippen MR) is 121 cm³/mol. The molecule has 0 radical (unpaired) electrons. The van der Waals surface area contributed by atoms with Crippen molar-refractivity contribution in [1.29, 1.82) is 0 Å². The quantitative estimate of drug-likeness (QED) is 0.419. The second-order valence-corrected chi connectivity index (χ2v) is 8.89. The first-order valence-electron chi connectivity index (χ1n) is 8.77. The Morgan fingerprint density at radius 2 is 1.73 bits per heavy atom. The molecule has 3 aromatic heterocycles. The van der Waals surface area contributed by atoms with Gasteiger partial charge in [-0.25, -0.2) is 9.97 Å². The summed E-state index contributed by atoms with van der Waals surface area (Å²) in [6, 6.07) is 10.4. The monoisotopic (exact) mass is 456 g/mol. The molecule has 0 aliphatic rings. The van der Waals surface area contributed by atoms with E-state index in [1.807, 2.05) is 23.8 Å². The summed E-state index contributed by atoms with van der Waals surface area (Å²) in [7, 11) is 1.58. The van der Waals surface area contributed by atoms with Crippen molar-refractivity contribution in [3.63, 3.8) is 0 Å². The third-order valence-corrected chi connectivity index (χ3v) is 6.79. The molecule has 0 aliphatic carbocycles. The van der Waals surface area contributed by atoms with Crippen molar-refractivity contribution in [3.8, 4) is 16.3 Å². The number of ether oxygens (including phenoxy) is 1. The van der Waals surface area contributed by atoms with Crippen LogP contribution in [0.25, 0.3) is 10.6 Å². The van der Waals surface area contributed by atoms with Crippen molar-refractivity contribution in [1.82, 2.24) is 9.97 Å². The predicted octanol–water partition coefficient (Wildman–Crippen LogP) is 5.15. The van der Waals surface area contributed by atoms with Crippen LogP contribution >= 0.6 is 34.0 Å². The van der Waals surface area contributed by atoms with Gasteiger partial charge in [-0.2, -0.15) is 0 Å². The summed E-state index contributed by atoms with van der Waals surface area (Å²) in [5, 5.41) is 10.3. The molecule has 10 heteroatoms. The molecule has 3 heterocycles. The van der Waals surface area contributed by atoms with Crippen LogP contribution < -0.4 is 15.4 Å². The number of methoxy groups -OCH3 is 1. The van der Waals surface area contributed by atoms with Gasteiger partial charge in [-0.15, -0.1) is 22.7 Å². The van der Waals surface area contributed by atoms with Crippen LogP contribution in [0.15, 0.2) is 47.2 Å². The smallest absolute Gasteiger partial charge is 0.267 e. The number of carbonyl (C=O) groups excluding carboxylic acids is 2. The minimum atomic E-state index is -0.250. The number of nitrogens with one attached hydrogen (secondary N) is 2. The van der Waals surface area contributed by atoms with Crippen LogP contribution in [0.3, 0.4) is 0 Å². The van der Waals surface area contributed by atoms with Gasteiger partial charge in [0.25, 0.3) is 11.8 Å². The van der Waals surface area contributed by atoms with Crippen LogP contribution in [-0.4, -0.2) is 28.9 Å². The molecule has 152 valence electrons. The van der Waals surface area contributed by atoms with E-state index in [9.17, 15) is 9.59 Å². The highest BCUT2D eigenvalue weighted by Gasteiger charge is 2.17. The lowest BCUT2D eigenvalue weighted by Crippen LogP contribution is -2.11. The van der Waals surface area contributed by atoms with Crippen molar-refractivity contribution in [3.05, 3.63) is 63.3 Å². The van der Waals surface area contributed by atoms with E-state index in [2.05, 4.69) is 20.6 Å². The molecule has 4 rings (SSSR count). The van der Waals surface area contributed by atoms with Gasteiger partial charge >= 0.3 is 0 Å². The van der Waals surface area contributed by atoms with Gasteiger partial charge in [-0.3, -0.25) is 20.2 Å². The number of anilines is 2. The van der Waals surface area contributed by atoms with E-state index in [4.69, 9.17) is 4.74 Å². The molecule has 0 fully saturated rings. The van der Waals surface area contributed by atoms with E-state index in [1.165, 1.54) is 34.0 Å². The van der Waals surface area contributed by atoms with Gasteiger partial charge in [-0.1, -0.05) is 17.4 Å². The van der Waals surface area contributed by atoms with E-state index in [0.29, 0.717) is 32.1 Å². The van der Waals surface area contributed by atoms with Crippen LogP contribution in [0.4, 0.5) is 10.3 Å². The third-order valence-electron chi connectivity index (χ3n) is 4.07. The summed E-state index contributed by atoms with van der Waals surface area (Å²) in [6.07, 6.45) is 0. The standard InChI is InChI=1S/C20H16N4O3S3/c1-11-16(14-10-29-19(22-14)24-18(26)15-4-3-9-28-15)30-20(21-11)23-17(25)12-5-7-13(27-2)8-6-12/h3-10H,1-2H3,(H,21,23,25)(H,22,24,26). The Morgan fingerprint density at radius 3 is 2.43 bits per heavy atom. The molecule has 4 aromatic rings. The fraction of sp³-hybridized carbons (Fsp3) is 0.100. The van der Waals surface area contributed by atoms with Gasteiger partial charge in [0.1, 0.15) is 5.75 Å². The summed E-state index contributed by atoms with van der Waals surface area (Å²) in [4.78, 5) is 35.1. The summed E-state index contributed by atoms with van der Waals surface area (Å²) in [6.45, 7) is 1.86. The molecule has 0 atom stereocenters. The SMILES string of the molecule is COc1ccc(C(=O)Nc2nc(C)c(-c3csc(NC(=O)c4cccs4)n3)s2)cc1. The van der Waals surface area contributed by atoms with Crippen molar-refractivity contribution < 1.29 is 14.3 Å². The molecule has 30 heavy (non-hydrogen) atoms. The minimum Gasteiger partial charge on any atom is -0.497 e. The van der Waals surface area contributed by atoms with E-state index in [-0.39, 0.29) is 11.8 Å². The van der Waals surface area contributed by atoms with E-state index in [1.54, 1.807) is 37.4 Å². The first-order valence-corrected chi connectivity index (χ1v) is 11.3. The lowest BCUT2D eigenvalue weighted by atomic mass is 10.2. The number of nitrogens with zero attached hydrogens (tertiary/aromatic N) is 2. The molecule has 1 aromatic carbocycles. The Bertz CT molecular complexity index is 1180. The number of thiazole rings is 2. The summed E-state index contributed by atoms with van der Waals surface area (Å²) >= 11 is 4.06. The zero-order valence-corrected chi connectivity index (χ0v) is 18.4. The van der Waals surface area contributed by atoms with Crippen LogP contribution in [-0.2, 0) is 0 Å². The number of hydrogen-bond acceptors (Lipinski definition) is 8. The average Bonchev–Trinajstić information content (AvgIpc) is 3.49. The van der Waals surface area contributed by atoms with E-state index >= 15 is 0 Å². The Morgan fingerprint density at radius 1 is 0.967 bits per heavy atom. The van der Waals surface area contributed by atoms with Crippen LogP contribution in [0, 0.1) is 6.92 Å². The van der Waals surface area contributed by atoms with Crippen LogP contribution in [0.5, 0.6) is 5.75 Å². The normalized spacial score (nSPS) is 10.6. The molecule has 2 amide bonds. The van der Waals surface area contributed by atoms with Crippen LogP contribution in [0.1, 0.15) is 25.7 Å². The second kappa shape index (κ2) is 8.74. The molecule has 0 spiro atoms. The van der Waals surface area contributed by atoms with Gasteiger partial charge in [-0.05, 0) is 42.6 Å². The lowest BCUT2D eigenvalue weighted by Gasteiger charge is -2.03. The number of rotatable bonds is 6. The fourth-order valence-electron chi connectivity index (χ4n) is 2.60. The highest BCUT2D eigenvalue weighted by atomic mass is 32.1. The molecule has 0 bridgehead atoms. The molecule has 0 unspecified atom stereocenters. The zero-order valence-electron chi connectivity index (χ0n) is 16.0. The van der Waals surface area contributed by atoms with Crippen LogP contribution in [0.2, 0.25) is 0 Å². The van der Waals surface area contributed by atoms with Crippen molar-refractivity contribution in [2.75, 3.05) is 17.7 Å². The molecular formula is C20H16N4O3S3. The summed E-state index contributed by atoms with van der Waals surface area (Å²) in [5.41, 5.74) is 1.98. The highest BCUT2D eigenvalue weighted by Crippen LogP contribution is 2.34. The minimum absolute atomic E-state index is 0.181. The molecular weight excluding hydrogens is 440 g/mol. The highest BCUT2D eigenvalue weighted by molar-refractivity contribution is 7.20. The second-order valence-electron chi connectivity index (χ2n) is 6.09. The van der Waals surface area contributed by atoms with E-state index < -0.39 is 0 Å². The van der Waals surface area contributed by atoms with Gasteiger partial charge in [0, 0.05) is 10.9 Å². The Labute approximate surface area is 184 Å². The van der Waals surface area contributed by atoms with Crippen molar-refractivity contribution in [2.24, 2.45) is 0 Å². The van der Waals surface area contributed by atoms with Gasteiger partial charge < -0.3 is 4.74 Å². The first kappa shape index (κ1) is 20.2. The number of aryl methyl sites for hydroxylation is 1. The number of benzene rings is 1. The zero-order chi connectivity index (χ0) is 21.1. The molecule has 0 aliphatic heterocycles. The molecule has 7 nitrogen and oxygen atoms in total. The Hall–Kier alpha value is -3.08. The number of carbonyl (C=O) groups is 2.